The van der Waals surface area contributed by atoms with Gasteiger partial charge < -0.3 is 0 Å². The lowest BCUT2D eigenvalue weighted by Gasteiger charge is -2.11. The van der Waals surface area contributed by atoms with Gasteiger partial charge >= 0.3 is 0 Å². The third-order valence-corrected chi connectivity index (χ3v) is 1.17. The van der Waals surface area contributed by atoms with Crippen molar-refractivity contribution in [3.63, 3.8) is 0 Å². The maximum atomic E-state index is 4.30. The van der Waals surface area contributed by atoms with E-state index in [4.69, 9.17) is 0 Å². The Hall–Kier alpha value is -0.790. The molecular weight excluding hydrogens is 136 g/mol. The van der Waals surface area contributed by atoms with Gasteiger partial charge in [0.1, 0.15) is 0 Å². The summed E-state index contributed by atoms with van der Waals surface area (Å²) in [5.41, 5.74) is 1.09. The number of allylic oxidation sites excluding steroid dienone is 1. The molecule has 0 aromatic rings. The van der Waals surface area contributed by atoms with Crippen molar-refractivity contribution in [1.29, 1.82) is 0 Å². The second-order valence-electron chi connectivity index (χ2n) is 2.60. The zero-order valence-corrected chi connectivity index (χ0v) is 7.96. The fraction of sp³-hybridized carbons (Fsp3) is 0.667. The van der Waals surface area contributed by atoms with Gasteiger partial charge in [-0.15, -0.1) is 0 Å². The van der Waals surface area contributed by atoms with Gasteiger partial charge in [-0.05, 0) is 27.2 Å². The number of nitrogens with zero attached hydrogens (tertiary/aromatic N) is 2. The molecule has 0 rings (SSSR count). The molecule has 0 aliphatic carbocycles. The second kappa shape index (κ2) is 5.96. The van der Waals surface area contributed by atoms with Crippen LogP contribution in [0.3, 0.4) is 0 Å². The summed E-state index contributed by atoms with van der Waals surface area (Å²) in [4.78, 5) is 0. The highest BCUT2D eigenvalue weighted by Gasteiger charge is 1.88. The molecule has 0 heterocycles. The van der Waals surface area contributed by atoms with Crippen LogP contribution in [-0.2, 0) is 0 Å². The van der Waals surface area contributed by atoms with Crippen LogP contribution in [0.4, 0.5) is 0 Å². The first-order valence-corrected chi connectivity index (χ1v) is 4.15. The summed E-state index contributed by atoms with van der Waals surface area (Å²) in [7, 11) is 0. The molecule has 0 aromatic carbocycles. The summed E-state index contributed by atoms with van der Waals surface area (Å²) in [5, 5.41) is 6.24. The number of hydrazone groups is 1. The van der Waals surface area contributed by atoms with Crippen molar-refractivity contribution in [2.75, 3.05) is 6.54 Å². The fourth-order valence-corrected chi connectivity index (χ4v) is 0.693. The van der Waals surface area contributed by atoms with Crippen molar-refractivity contribution < 1.29 is 0 Å². The topological polar surface area (TPSA) is 15.6 Å². The van der Waals surface area contributed by atoms with E-state index in [0.29, 0.717) is 0 Å². The van der Waals surface area contributed by atoms with E-state index >= 15 is 0 Å². The van der Waals surface area contributed by atoms with Crippen molar-refractivity contribution in [2.45, 2.75) is 34.1 Å². The van der Waals surface area contributed by atoms with Gasteiger partial charge in [-0.3, -0.25) is 5.01 Å². The summed E-state index contributed by atoms with van der Waals surface area (Å²) in [5.74, 6) is 0. The molecular formula is C9H18N2. The molecule has 0 fully saturated rings. The van der Waals surface area contributed by atoms with Gasteiger partial charge in [0, 0.05) is 18.5 Å². The minimum Gasteiger partial charge on any atom is -0.273 e. The highest BCUT2D eigenvalue weighted by molar-refractivity contribution is 5.78. The first-order chi connectivity index (χ1) is 5.20. The first-order valence-electron chi connectivity index (χ1n) is 4.15. The van der Waals surface area contributed by atoms with E-state index in [1.165, 1.54) is 0 Å². The molecule has 0 spiro atoms. The Bertz CT molecular complexity index is 144. The largest absolute Gasteiger partial charge is 0.273 e. The van der Waals surface area contributed by atoms with Crippen LogP contribution in [0.15, 0.2) is 17.4 Å². The highest BCUT2D eigenvalue weighted by Crippen LogP contribution is 1.93. The van der Waals surface area contributed by atoms with Crippen LogP contribution in [0.2, 0.25) is 0 Å². The molecule has 0 aliphatic rings. The Kier molecular flexibility index (Phi) is 5.53. The van der Waals surface area contributed by atoms with Crippen LogP contribution in [0.25, 0.3) is 0 Å². The normalized spacial score (nSPS) is 10.2. The Morgan fingerprint density at radius 1 is 1.36 bits per heavy atom. The molecule has 2 heteroatoms. The summed E-state index contributed by atoms with van der Waals surface area (Å²) in [6, 6.07) is 0. The number of hydrogen-bond donors (Lipinski definition) is 0. The highest BCUT2D eigenvalue weighted by atomic mass is 15.4. The molecule has 0 bridgehead atoms. The molecule has 0 radical (unpaired) electrons. The van der Waals surface area contributed by atoms with Crippen LogP contribution in [-0.4, -0.2) is 17.3 Å². The predicted molar refractivity (Wildman–Crippen MR) is 50.6 cm³/mol. The Labute approximate surface area is 69.6 Å². The second-order valence-corrected chi connectivity index (χ2v) is 2.60. The smallest absolute Gasteiger partial charge is 0.0380 e. The molecule has 0 atom stereocenters. The van der Waals surface area contributed by atoms with Gasteiger partial charge in [0.25, 0.3) is 0 Å². The molecule has 0 N–H and O–H groups in total. The minimum absolute atomic E-state index is 0.932. The average Bonchev–Trinajstić information content (AvgIpc) is 1.97. The fourth-order valence-electron chi connectivity index (χ4n) is 0.693. The van der Waals surface area contributed by atoms with E-state index in [2.05, 4.69) is 25.0 Å². The van der Waals surface area contributed by atoms with E-state index in [-0.39, 0.29) is 0 Å². The zero-order chi connectivity index (χ0) is 8.69. The lowest BCUT2D eigenvalue weighted by atomic mass is 10.4. The predicted octanol–water partition coefficient (Wildman–Crippen LogP) is 2.63. The van der Waals surface area contributed by atoms with Gasteiger partial charge in [-0.1, -0.05) is 13.0 Å². The van der Waals surface area contributed by atoms with E-state index in [1.54, 1.807) is 0 Å². The molecule has 64 valence electrons. The quantitative estimate of drug-likeness (QED) is 0.449. The lowest BCUT2D eigenvalue weighted by molar-refractivity contribution is 0.420. The van der Waals surface area contributed by atoms with Gasteiger partial charge in [0.05, 0.1) is 0 Å². The Morgan fingerprint density at radius 2 is 2.00 bits per heavy atom. The number of rotatable bonds is 4. The average molecular weight is 154 g/mol. The van der Waals surface area contributed by atoms with Crippen LogP contribution >= 0.6 is 0 Å². The third-order valence-electron chi connectivity index (χ3n) is 1.17. The summed E-state index contributed by atoms with van der Waals surface area (Å²) in [6.07, 6.45) is 5.19. The van der Waals surface area contributed by atoms with Crippen LogP contribution < -0.4 is 0 Å². The molecule has 0 saturated heterocycles. The van der Waals surface area contributed by atoms with Crippen LogP contribution in [0.5, 0.6) is 0 Å². The summed E-state index contributed by atoms with van der Waals surface area (Å²) in [6.45, 7) is 9.14. The Balaban J connectivity index is 3.96. The zero-order valence-electron chi connectivity index (χ0n) is 7.96. The van der Waals surface area contributed by atoms with Crippen LogP contribution in [0, 0.1) is 0 Å². The minimum atomic E-state index is 0.932. The molecule has 0 unspecified atom stereocenters. The van der Waals surface area contributed by atoms with E-state index < -0.39 is 0 Å². The van der Waals surface area contributed by atoms with E-state index in [1.807, 2.05) is 25.1 Å². The third kappa shape index (κ3) is 5.64. The van der Waals surface area contributed by atoms with E-state index in [0.717, 1.165) is 18.7 Å². The van der Waals surface area contributed by atoms with Crippen LogP contribution in [0.1, 0.15) is 34.1 Å². The Morgan fingerprint density at radius 3 is 2.36 bits per heavy atom. The van der Waals surface area contributed by atoms with Crippen molar-refractivity contribution in [3.05, 3.63) is 12.3 Å². The van der Waals surface area contributed by atoms with Crippen molar-refractivity contribution in [2.24, 2.45) is 5.10 Å². The molecule has 0 aromatic heterocycles. The van der Waals surface area contributed by atoms with Gasteiger partial charge in [0.2, 0.25) is 0 Å². The first kappa shape index (κ1) is 10.2. The molecule has 0 aliphatic heterocycles. The van der Waals surface area contributed by atoms with Crippen molar-refractivity contribution in [1.82, 2.24) is 5.01 Å². The van der Waals surface area contributed by atoms with E-state index in [9.17, 15) is 0 Å². The molecule has 11 heavy (non-hydrogen) atoms. The monoisotopic (exact) mass is 154 g/mol. The van der Waals surface area contributed by atoms with Crippen molar-refractivity contribution >= 4 is 5.71 Å². The maximum absolute atomic E-state index is 4.30. The molecule has 2 nitrogen and oxygen atoms in total. The number of hydrogen-bond acceptors (Lipinski definition) is 2. The van der Waals surface area contributed by atoms with Gasteiger partial charge in [0.15, 0.2) is 0 Å². The maximum Gasteiger partial charge on any atom is 0.0380 e. The summed E-state index contributed by atoms with van der Waals surface area (Å²) < 4.78 is 0. The summed E-state index contributed by atoms with van der Waals surface area (Å²) >= 11 is 0. The molecule has 0 amide bonds. The standard InChI is InChI=1S/C9H18N2/c1-5-7-8-11(6-2)10-9(3)4/h7-8H,5-6H2,1-4H3/b8-7-. The SMILES string of the molecule is CC/C=C\N(CC)N=C(C)C. The molecule has 0 saturated carbocycles. The van der Waals surface area contributed by atoms with Crippen molar-refractivity contribution in [3.8, 4) is 0 Å². The van der Waals surface area contributed by atoms with Gasteiger partial charge in [-0.25, -0.2) is 0 Å². The lowest BCUT2D eigenvalue weighted by Crippen LogP contribution is -2.10. The van der Waals surface area contributed by atoms with Gasteiger partial charge in [-0.2, -0.15) is 5.10 Å².